The van der Waals surface area contributed by atoms with Crippen molar-refractivity contribution in [1.29, 1.82) is 0 Å². The molecule has 0 saturated carbocycles. The van der Waals surface area contributed by atoms with E-state index in [9.17, 15) is 9.90 Å². The second-order valence-corrected chi connectivity index (χ2v) is 4.98. The van der Waals surface area contributed by atoms with E-state index in [0.29, 0.717) is 10.0 Å². The van der Waals surface area contributed by atoms with Crippen LogP contribution in [0.5, 0.6) is 11.5 Å². The Bertz CT molecular complexity index is 643. The predicted octanol–water partition coefficient (Wildman–Crippen LogP) is 3.82. The van der Waals surface area contributed by atoms with Crippen molar-refractivity contribution in [2.45, 2.75) is 6.61 Å². The van der Waals surface area contributed by atoms with Crippen LogP contribution >= 0.6 is 23.2 Å². The Morgan fingerprint density at radius 1 is 1.10 bits per heavy atom. The Balaban J connectivity index is 1.82. The molecule has 4 nitrogen and oxygen atoms in total. The van der Waals surface area contributed by atoms with Crippen LogP contribution in [0.2, 0.25) is 10.0 Å². The molecule has 1 N–H and O–H groups in total. The molecule has 0 spiro atoms. The number of esters is 1. The number of hydrogen-bond donors (Lipinski definition) is 1. The number of carbonyl (C=O) groups excluding carboxylic acids is 1. The van der Waals surface area contributed by atoms with E-state index in [-0.39, 0.29) is 24.7 Å². The smallest absolute Gasteiger partial charge is 0.344 e. The molecule has 0 fully saturated rings. The Labute approximate surface area is 131 Å². The molecule has 0 atom stereocenters. The van der Waals surface area contributed by atoms with E-state index in [0.717, 1.165) is 5.56 Å². The van der Waals surface area contributed by atoms with Crippen LogP contribution in [-0.2, 0) is 16.1 Å². The summed E-state index contributed by atoms with van der Waals surface area (Å²) in [5.74, 6) is -0.358. The van der Waals surface area contributed by atoms with E-state index in [1.165, 1.54) is 6.07 Å². The van der Waals surface area contributed by atoms with Gasteiger partial charge in [-0.05, 0) is 29.8 Å². The van der Waals surface area contributed by atoms with Gasteiger partial charge < -0.3 is 14.6 Å². The fourth-order valence-electron chi connectivity index (χ4n) is 1.55. The fourth-order valence-corrected chi connectivity index (χ4v) is 1.87. The zero-order valence-electron chi connectivity index (χ0n) is 10.9. The number of hydrogen-bond acceptors (Lipinski definition) is 4. The van der Waals surface area contributed by atoms with Crippen LogP contribution < -0.4 is 4.74 Å². The molecule has 0 radical (unpaired) electrons. The van der Waals surface area contributed by atoms with E-state index in [2.05, 4.69) is 0 Å². The summed E-state index contributed by atoms with van der Waals surface area (Å²) in [5.41, 5.74) is 0.723. The standard InChI is InChI=1S/C15H12Cl2O4/c16-11-6-5-10(7-12(11)17)8-21-15(19)9-20-14-4-2-1-3-13(14)18/h1-7,18H,8-9H2. The van der Waals surface area contributed by atoms with Crippen LogP contribution in [0.4, 0.5) is 0 Å². The van der Waals surface area contributed by atoms with Gasteiger partial charge in [0.15, 0.2) is 18.1 Å². The zero-order chi connectivity index (χ0) is 15.2. The van der Waals surface area contributed by atoms with Crippen molar-refractivity contribution in [3.05, 3.63) is 58.1 Å². The molecule has 21 heavy (non-hydrogen) atoms. The highest BCUT2D eigenvalue weighted by Crippen LogP contribution is 2.24. The maximum atomic E-state index is 11.6. The molecule has 0 amide bonds. The van der Waals surface area contributed by atoms with Gasteiger partial charge in [-0.3, -0.25) is 0 Å². The molecular weight excluding hydrogens is 315 g/mol. The quantitative estimate of drug-likeness (QED) is 0.848. The van der Waals surface area contributed by atoms with Gasteiger partial charge in [-0.1, -0.05) is 41.4 Å². The summed E-state index contributed by atoms with van der Waals surface area (Å²) in [5, 5.41) is 10.3. The maximum Gasteiger partial charge on any atom is 0.344 e. The molecule has 0 aromatic heterocycles. The van der Waals surface area contributed by atoms with Gasteiger partial charge in [-0.15, -0.1) is 0 Å². The Morgan fingerprint density at radius 3 is 2.57 bits per heavy atom. The number of phenolic OH excluding ortho intramolecular Hbond substituents is 1. The first-order chi connectivity index (χ1) is 10.1. The first-order valence-electron chi connectivity index (χ1n) is 6.06. The lowest BCUT2D eigenvalue weighted by molar-refractivity contribution is -0.147. The highest BCUT2D eigenvalue weighted by atomic mass is 35.5. The van der Waals surface area contributed by atoms with Crippen LogP contribution in [0.25, 0.3) is 0 Å². The summed E-state index contributed by atoms with van der Waals surface area (Å²) in [6, 6.07) is 11.3. The highest BCUT2D eigenvalue weighted by molar-refractivity contribution is 6.42. The Morgan fingerprint density at radius 2 is 1.86 bits per heavy atom. The molecule has 0 unspecified atom stereocenters. The van der Waals surface area contributed by atoms with Crippen molar-refractivity contribution in [2.24, 2.45) is 0 Å². The average molecular weight is 327 g/mol. The van der Waals surface area contributed by atoms with Crippen molar-refractivity contribution < 1.29 is 19.4 Å². The summed E-state index contributed by atoms with van der Waals surface area (Å²) >= 11 is 11.7. The van der Waals surface area contributed by atoms with Gasteiger partial charge in [0.05, 0.1) is 10.0 Å². The summed E-state index contributed by atoms with van der Waals surface area (Å²) in [6.45, 7) is -0.223. The Kier molecular flexibility index (Phi) is 5.31. The molecule has 0 saturated heterocycles. The third-order valence-electron chi connectivity index (χ3n) is 2.59. The molecule has 0 bridgehead atoms. The summed E-state index contributed by atoms with van der Waals surface area (Å²) < 4.78 is 10.2. The Hall–Kier alpha value is -1.91. The van der Waals surface area contributed by atoms with Crippen molar-refractivity contribution in [2.75, 3.05) is 6.61 Å². The largest absolute Gasteiger partial charge is 0.504 e. The second kappa shape index (κ2) is 7.20. The fraction of sp³-hybridized carbons (Fsp3) is 0.133. The van der Waals surface area contributed by atoms with Crippen molar-refractivity contribution >= 4 is 29.2 Å². The van der Waals surface area contributed by atoms with Crippen LogP contribution in [-0.4, -0.2) is 17.7 Å². The van der Waals surface area contributed by atoms with E-state index < -0.39 is 5.97 Å². The number of benzene rings is 2. The molecule has 0 heterocycles. The molecule has 6 heteroatoms. The number of para-hydroxylation sites is 2. The second-order valence-electron chi connectivity index (χ2n) is 4.17. The van der Waals surface area contributed by atoms with Gasteiger partial charge in [0, 0.05) is 0 Å². The van der Waals surface area contributed by atoms with E-state index in [1.807, 2.05) is 0 Å². The van der Waals surface area contributed by atoms with Crippen molar-refractivity contribution in [1.82, 2.24) is 0 Å². The van der Waals surface area contributed by atoms with Crippen molar-refractivity contribution in [3.8, 4) is 11.5 Å². The predicted molar refractivity (Wildman–Crippen MR) is 79.9 cm³/mol. The van der Waals surface area contributed by atoms with Gasteiger partial charge in [0.25, 0.3) is 0 Å². The maximum absolute atomic E-state index is 11.6. The molecule has 0 aliphatic carbocycles. The van der Waals surface area contributed by atoms with Crippen LogP contribution in [0.15, 0.2) is 42.5 Å². The lowest BCUT2D eigenvalue weighted by Gasteiger charge is -2.08. The topological polar surface area (TPSA) is 55.8 Å². The minimum Gasteiger partial charge on any atom is -0.504 e. The number of aromatic hydroxyl groups is 1. The monoisotopic (exact) mass is 326 g/mol. The van der Waals surface area contributed by atoms with Gasteiger partial charge in [0.1, 0.15) is 6.61 Å². The van der Waals surface area contributed by atoms with E-state index in [4.69, 9.17) is 32.7 Å². The van der Waals surface area contributed by atoms with Gasteiger partial charge in [0.2, 0.25) is 0 Å². The third kappa shape index (κ3) is 4.55. The highest BCUT2D eigenvalue weighted by Gasteiger charge is 2.08. The lowest BCUT2D eigenvalue weighted by atomic mass is 10.2. The van der Waals surface area contributed by atoms with Crippen LogP contribution in [0.3, 0.4) is 0 Å². The molecule has 2 rings (SSSR count). The van der Waals surface area contributed by atoms with E-state index in [1.54, 1.807) is 36.4 Å². The lowest BCUT2D eigenvalue weighted by Crippen LogP contribution is -2.14. The van der Waals surface area contributed by atoms with Gasteiger partial charge >= 0.3 is 5.97 Å². The molecular formula is C15H12Cl2O4. The molecule has 2 aromatic rings. The molecule has 2 aromatic carbocycles. The number of halogens is 2. The SMILES string of the molecule is O=C(COc1ccccc1O)OCc1ccc(Cl)c(Cl)c1. The van der Waals surface area contributed by atoms with Gasteiger partial charge in [-0.2, -0.15) is 0 Å². The number of ether oxygens (including phenoxy) is 2. The van der Waals surface area contributed by atoms with Crippen LogP contribution in [0, 0.1) is 0 Å². The van der Waals surface area contributed by atoms with E-state index >= 15 is 0 Å². The van der Waals surface area contributed by atoms with Gasteiger partial charge in [-0.25, -0.2) is 4.79 Å². The minimum atomic E-state index is -0.552. The summed E-state index contributed by atoms with van der Waals surface area (Å²) in [4.78, 5) is 11.6. The third-order valence-corrected chi connectivity index (χ3v) is 3.33. The molecule has 0 aliphatic rings. The molecule has 110 valence electrons. The number of carbonyl (C=O) groups is 1. The normalized spacial score (nSPS) is 10.2. The zero-order valence-corrected chi connectivity index (χ0v) is 12.4. The molecule has 0 aliphatic heterocycles. The summed E-state index contributed by atoms with van der Waals surface area (Å²) in [6.07, 6.45) is 0. The number of phenols is 1. The average Bonchev–Trinajstić information content (AvgIpc) is 2.47. The van der Waals surface area contributed by atoms with Crippen molar-refractivity contribution in [3.63, 3.8) is 0 Å². The first kappa shape index (κ1) is 15.5. The first-order valence-corrected chi connectivity index (χ1v) is 6.82. The minimum absolute atomic E-state index is 0.0326. The summed E-state index contributed by atoms with van der Waals surface area (Å²) in [7, 11) is 0. The van der Waals surface area contributed by atoms with Crippen LogP contribution in [0.1, 0.15) is 5.56 Å². The number of rotatable bonds is 5.